The van der Waals surface area contributed by atoms with E-state index in [1.807, 2.05) is 43.4 Å². The van der Waals surface area contributed by atoms with Gasteiger partial charge in [0.15, 0.2) is 17.5 Å². The highest BCUT2D eigenvalue weighted by molar-refractivity contribution is 7.80. The van der Waals surface area contributed by atoms with Crippen molar-refractivity contribution in [3.8, 4) is 0 Å². The van der Waals surface area contributed by atoms with E-state index in [0.29, 0.717) is 18.5 Å². The highest BCUT2D eigenvalue weighted by Crippen LogP contribution is 2.38. The van der Waals surface area contributed by atoms with Crippen molar-refractivity contribution in [1.82, 2.24) is 0 Å². The fraction of sp³-hybridized carbons (Fsp3) is 0.606. The molecule has 0 amide bonds. The van der Waals surface area contributed by atoms with Crippen LogP contribution in [0, 0.1) is 17.8 Å². The molecule has 1 fully saturated rings. The minimum atomic E-state index is -4.95. The fourth-order valence-corrected chi connectivity index (χ4v) is 10.0. The molecule has 17 unspecified atom stereocenters. The smallest absolute Gasteiger partial charge is 0.393 e. The van der Waals surface area contributed by atoms with Crippen molar-refractivity contribution in [1.29, 1.82) is 0 Å². The number of unbranched alkanes of at least 4 members (excludes halogenated alkanes) is 1. The summed E-state index contributed by atoms with van der Waals surface area (Å²) in [5.74, 6) is -3.05. The van der Waals surface area contributed by atoms with Gasteiger partial charge in [-0.25, -0.2) is 4.18 Å². The highest BCUT2D eigenvalue weighted by atomic mass is 32.3. The van der Waals surface area contributed by atoms with Gasteiger partial charge in [-0.1, -0.05) is 161 Å². The normalized spacial score (nSPS) is 20.7. The second-order valence-corrected chi connectivity index (χ2v) is 24.0. The van der Waals surface area contributed by atoms with E-state index in [4.69, 9.17) is 25.1 Å². The summed E-state index contributed by atoms with van der Waals surface area (Å²) in [7, 11) is -4.95. The average Bonchev–Trinajstić information content (AvgIpc) is 1.57. The first-order chi connectivity index (χ1) is 42.5. The fourth-order valence-electron chi connectivity index (χ4n) is 9.49. The van der Waals surface area contributed by atoms with E-state index in [1.54, 1.807) is 99.8 Å². The third-order valence-corrected chi connectivity index (χ3v) is 15.4. The number of ketones is 1. The van der Waals surface area contributed by atoms with Gasteiger partial charge < -0.3 is 87.3 Å². The average molecular weight is 1290 g/mol. The number of nitrogens with two attached hydrogens (primary N) is 2. The van der Waals surface area contributed by atoms with Gasteiger partial charge in [-0.3, -0.25) is 14.3 Å². The largest absolute Gasteiger partial charge is 0.397 e. The Morgan fingerprint density at radius 1 is 0.556 bits per heavy atom. The van der Waals surface area contributed by atoms with Crippen LogP contribution in [-0.2, 0) is 28.9 Å². The lowest BCUT2D eigenvalue weighted by atomic mass is 9.87. The number of nitrogens with zero attached hydrogens (tertiary/aromatic N) is 1. The number of aliphatic hydroxyl groups is 13. The summed E-state index contributed by atoms with van der Waals surface area (Å²) in [5.41, 5.74) is 11.2. The van der Waals surface area contributed by atoms with Crippen molar-refractivity contribution in [3.05, 3.63) is 145 Å². The molecule has 17 atom stereocenters. The molecule has 1 aliphatic heterocycles. The summed E-state index contributed by atoms with van der Waals surface area (Å²) < 4.78 is 50.5. The number of allylic oxidation sites excluding steroid dienone is 17. The van der Waals surface area contributed by atoms with Crippen LogP contribution in [0.5, 0.6) is 0 Å². The molecule has 0 aromatic heterocycles. The number of hydrogen-bond donors (Lipinski definition) is 16. The molecule has 1 aliphatic rings. The molecule has 18 N–H and O–H groups in total. The van der Waals surface area contributed by atoms with Crippen LogP contribution in [0.15, 0.2) is 150 Å². The summed E-state index contributed by atoms with van der Waals surface area (Å²) >= 11 is 0. The van der Waals surface area contributed by atoms with E-state index in [0.717, 1.165) is 12.8 Å². The molecule has 512 valence electrons. The zero-order valence-electron chi connectivity index (χ0n) is 52.8. The first-order valence-corrected chi connectivity index (χ1v) is 32.2. The zero-order chi connectivity index (χ0) is 67.7. The van der Waals surface area contributed by atoms with Gasteiger partial charge in [-0.15, -0.1) is 0 Å². The molecular weight excluding hydrogens is 1190 g/mol. The van der Waals surface area contributed by atoms with Crippen LogP contribution in [0.3, 0.4) is 0 Å². The first-order valence-electron chi connectivity index (χ1n) is 30.8. The highest BCUT2D eigenvalue weighted by Gasteiger charge is 2.48. The van der Waals surface area contributed by atoms with Gasteiger partial charge in [0, 0.05) is 56.4 Å². The third-order valence-electron chi connectivity index (χ3n) is 14.9. The Kier molecular flexibility index (Phi) is 43.4. The molecule has 0 bridgehead atoms. The first kappa shape index (κ1) is 83.1. The summed E-state index contributed by atoms with van der Waals surface area (Å²) in [6.45, 7) is 9.10. The maximum absolute atomic E-state index is 12.0. The van der Waals surface area contributed by atoms with Crippen LogP contribution in [0.1, 0.15) is 125 Å². The van der Waals surface area contributed by atoms with E-state index in [9.17, 15) is 84.1 Å². The topological polar surface area (TPSA) is 427 Å². The van der Waals surface area contributed by atoms with Crippen LogP contribution < -0.4 is 11.5 Å². The Morgan fingerprint density at radius 2 is 1.04 bits per heavy atom. The monoisotopic (exact) mass is 1290 g/mol. The van der Waals surface area contributed by atoms with Gasteiger partial charge in [-0.05, 0) is 77.2 Å². The Morgan fingerprint density at radius 3 is 1.61 bits per heavy atom. The number of guanidine groups is 1. The molecule has 23 nitrogen and oxygen atoms in total. The maximum atomic E-state index is 12.0. The van der Waals surface area contributed by atoms with Gasteiger partial charge in [0.1, 0.15) is 6.10 Å². The van der Waals surface area contributed by atoms with E-state index in [-0.39, 0.29) is 102 Å². The van der Waals surface area contributed by atoms with Gasteiger partial charge >= 0.3 is 10.4 Å². The van der Waals surface area contributed by atoms with Gasteiger partial charge in [-0.2, -0.15) is 8.42 Å². The second-order valence-electron chi connectivity index (χ2n) is 22.9. The molecule has 90 heavy (non-hydrogen) atoms. The summed E-state index contributed by atoms with van der Waals surface area (Å²) in [6.07, 6.45) is 23.4. The Hall–Kier alpha value is -4.91. The van der Waals surface area contributed by atoms with Crippen LogP contribution in [0.2, 0.25) is 0 Å². The minimum absolute atomic E-state index is 0.00635. The summed E-state index contributed by atoms with van der Waals surface area (Å²) in [5, 5.41) is 137. The lowest BCUT2D eigenvalue weighted by molar-refractivity contribution is -0.225. The predicted molar refractivity (Wildman–Crippen MR) is 347 cm³/mol. The van der Waals surface area contributed by atoms with Crippen molar-refractivity contribution >= 4 is 22.1 Å². The molecule has 0 spiro atoms. The van der Waals surface area contributed by atoms with E-state index in [2.05, 4.69) is 4.99 Å². The van der Waals surface area contributed by atoms with Gasteiger partial charge in [0.05, 0.1) is 92.6 Å². The van der Waals surface area contributed by atoms with Crippen LogP contribution in [0.4, 0.5) is 0 Å². The van der Waals surface area contributed by atoms with Crippen molar-refractivity contribution in [2.75, 3.05) is 19.8 Å². The summed E-state index contributed by atoms with van der Waals surface area (Å²) in [6, 6.07) is 0. The number of rotatable bonds is 48. The minimum Gasteiger partial charge on any atom is -0.393 e. The Bertz CT molecular complexity index is 2500. The molecule has 1 rings (SSSR count). The van der Waals surface area contributed by atoms with Crippen LogP contribution in [0.25, 0.3) is 0 Å². The van der Waals surface area contributed by atoms with Crippen LogP contribution >= 0.6 is 0 Å². The number of hydrogen-bond acceptors (Lipinski definition) is 20. The number of aliphatic imine (C=N–C) groups is 1. The standard InChI is InChI=1S/C66H107N3O20S/c1-46(50(5)70)27-20-16-12-11-13-17-21-28-47(2)63(82)48(3)59(79)34-22-18-14-9-7-6-8-10-15-19-23-35-62(89-90(84,85)86)49(4)66(87-37-38-88-66)45-58(78)42-53(73)31-24-29-51(71)39-56(76)40-52(72)30-25-32-55(75)43-60(80)64(83)61(81)44-57(77)41-54(74)33-26-36-69-65(67)68/h6-12,14-16,18-25,27-28,30-31,34,47-49,51-64,71-83H,13,17,26,29,32-33,35-45H2,1-5H3,(H4,67,68,69)(H,84,85,86)/b8-6+,9-7+,12-11+,15-10+,18-14+,20-16+,23-19+,28-21+,30-25+,31-24+,34-22+,46-27+. The Balaban J connectivity index is 2.61. The second kappa shape index (κ2) is 47.0. The molecule has 0 radical (unpaired) electrons. The number of Topliss-reactive ketones (excluding diaryl/α,β-unsaturated/α-hetero) is 1. The number of carbonyl (C=O) groups is 1. The molecule has 0 aliphatic carbocycles. The van der Waals surface area contributed by atoms with Crippen LogP contribution in [-0.4, -0.2) is 202 Å². The van der Waals surface area contributed by atoms with E-state index in [1.165, 1.54) is 31.2 Å². The zero-order valence-corrected chi connectivity index (χ0v) is 53.7. The molecule has 0 aromatic rings. The van der Waals surface area contributed by atoms with Crippen molar-refractivity contribution < 1.29 is 97.8 Å². The molecule has 0 aromatic carbocycles. The van der Waals surface area contributed by atoms with Crippen molar-refractivity contribution in [2.45, 2.75) is 216 Å². The summed E-state index contributed by atoms with van der Waals surface area (Å²) in [4.78, 5) is 15.1. The van der Waals surface area contributed by atoms with E-state index < -0.39 is 113 Å². The lowest BCUT2D eigenvalue weighted by Gasteiger charge is -2.38. The molecular formula is C66H107N3O20S. The maximum Gasteiger partial charge on any atom is 0.397 e. The molecule has 1 heterocycles. The number of ether oxygens (including phenoxy) is 2. The van der Waals surface area contributed by atoms with Gasteiger partial charge in [0.25, 0.3) is 0 Å². The number of carbonyl (C=O) groups excluding carboxylic acids is 1. The van der Waals surface area contributed by atoms with Gasteiger partial charge in [0.2, 0.25) is 0 Å². The van der Waals surface area contributed by atoms with Crippen molar-refractivity contribution in [3.63, 3.8) is 0 Å². The molecule has 1 saturated heterocycles. The van der Waals surface area contributed by atoms with Crippen molar-refractivity contribution in [2.24, 2.45) is 34.2 Å². The SMILES string of the molecule is CC(=O)/C(C)=C/C=C/C=C/CC/C=C/C(C)C(O)C(C)C(O)/C=C/C=C/C=C/C=C/C=C/C=C/CC(OS(=O)(=O)O)C(C)C1(CC(O)CC(O)/C=C/CC(O)CC(O)CC(O)/C=C/CC(O)CC(O)C(O)C(O)CC(O)CC(O)CCCN=C(N)N)OCCO1. The predicted octanol–water partition coefficient (Wildman–Crippen LogP) is 3.91. The number of aliphatic hydroxyl groups excluding tert-OH is 13. The molecule has 0 saturated carbocycles. The Labute approximate surface area is 532 Å². The molecule has 24 heteroatoms. The quantitative estimate of drug-likeness (QED) is 0.00781. The van der Waals surface area contributed by atoms with E-state index >= 15 is 0 Å². The lowest BCUT2D eigenvalue weighted by Crippen LogP contribution is -2.47. The third kappa shape index (κ3) is 39.5.